The van der Waals surface area contributed by atoms with Crippen molar-refractivity contribution in [3.63, 3.8) is 0 Å². The van der Waals surface area contributed by atoms with Gasteiger partial charge in [0.2, 0.25) is 0 Å². The Morgan fingerprint density at radius 1 is 1.32 bits per heavy atom. The lowest BCUT2D eigenvalue weighted by atomic mass is 9.86. The van der Waals surface area contributed by atoms with Crippen molar-refractivity contribution in [2.75, 3.05) is 0 Å². The molecule has 22 heavy (non-hydrogen) atoms. The van der Waals surface area contributed by atoms with Crippen LogP contribution in [0.15, 0.2) is 24.3 Å². The highest BCUT2D eigenvalue weighted by Gasteiger charge is 2.26. The molecule has 120 valence electrons. The third kappa shape index (κ3) is 4.29. The van der Waals surface area contributed by atoms with Crippen LogP contribution in [-0.4, -0.2) is 24.0 Å². The SMILES string of the molecule is C[C@@H]1CCCC[C@H]1NC(=O)[C@@H](C)OC(=O)c1cccc(F)c1. The third-order valence-electron chi connectivity index (χ3n) is 4.15. The van der Waals surface area contributed by atoms with Gasteiger partial charge in [0.15, 0.2) is 6.10 Å². The van der Waals surface area contributed by atoms with E-state index in [0.29, 0.717) is 5.92 Å². The number of carbonyl (C=O) groups excluding carboxylic acids is 2. The maximum Gasteiger partial charge on any atom is 0.339 e. The van der Waals surface area contributed by atoms with Crippen LogP contribution < -0.4 is 5.32 Å². The molecule has 0 spiro atoms. The van der Waals surface area contributed by atoms with E-state index in [1.165, 1.54) is 31.5 Å². The molecule has 1 N–H and O–H groups in total. The number of esters is 1. The molecule has 1 aromatic rings. The van der Waals surface area contributed by atoms with Crippen LogP contribution in [0.5, 0.6) is 0 Å². The standard InChI is InChI=1S/C17H22FNO3/c1-11-6-3-4-9-15(11)19-16(20)12(2)22-17(21)13-7-5-8-14(18)10-13/h5,7-8,10-12,15H,3-4,6,9H2,1-2H3,(H,19,20)/t11-,12-,15-/m1/s1. The van der Waals surface area contributed by atoms with Crippen LogP contribution >= 0.6 is 0 Å². The van der Waals surface area contributed by atoms with Crippen LogP contribution in [0.1, 0.15) is 49.9 Å². The van der Waals surface area contributed by atoms with Gasteiger partial charge < -0.3 is 10.1 Å². The summed E-state index contributed by atoms with van der Waals surface area (Å²) in [6.45, 7) is 3.65. The summed E-state index contributed by atoms with van der Waals surface area (Å²) in [6.07, 6.45) is 3.45. The average molecular weight is 307 g/mol. The molecule has 0 bridgehead atoms. The normalized spacial score (nSPS) is 22.7. The van der Waals surface area contributed by atoms with Gasteiger partial charge in [-0.2, -0.15) is 0 Å². The number of halogens is 1. The number of rotatable bonds is 4. The van der Waals surface area contributed by atoms with Crippen LogP contribution in [-0.2, 0) is 9.53 Å². The molecular formula is C17H22FNO3. The number of hydrogen-bond acceptors (Lipinski definition) is 3. The van der Waals surface area contributed by atoms with Gasteiger partial charge >= 0.3 is 5.97 Å². The van der Waals surface area contributed by atoms with E-state index < -0.39 is 17.9 Å². The molecule has 1 amide bonds. The summed E-state index contributed by atoms with van der Waals surface area (Å²) in [5.74, 6) is -1.08. The smallest absolute Gasteiger partial charge is 0.339 e. The molecule has 5 heteroatoms. The zero-order chi connectivity index (χ0) is 16.1. The van der Waals surface area contributed by atoms with Crippen molar-refractivity contribution in [2.24, 2.45) is 5.92 Å². The molecule has 0 saturated heterocycles. The monoisotopic (exact) mass is 307 g/mol. The van der Waals surface area contributed by atoms with Crippen LogP contribution in [0.25, 0.3) is 0 Å². The number of benzene rings is 1. The lowest BCUT2D eigenvalue weighted by molar-refractivity contribution is -0.130. The van der Waals surface area contributed by atoms with E-state index in [1.807, 2.05) is 0 Å². The molecule has 0 unspecified atom stereocenters. The fraction of sp³-hybridized carbons (Fsp3) is 0.529. The van der Waals surface area contributed by atoms with E-state index in [9.17, 15) is 14.0 Å². The highest BCUT2D eigenvalue weighted by molar-refractivity contribution is 5.92. The van der Waals surface area contributed by atoms with E-state index in [0.717, 1.165) is 25.3 Å². The molecule has 0 aliphatic heterocycles. The average Bonchev–Trinajstić information content (AvgIpc) is 2.49. The van der Waals surface area contributed by atoms with Crippen molar-refractivity contribution in [1.29, 1.82) is 0 Å². The first-order valence-corrected chi connectivity index (χ1v) is 7.74. The topological polar surface area (TPSA) is 55.4 Å². The second-order valence-electron chi connectivity index (χ2n) is 5.93. The number of carbonyl (C=O) groups is 2. The number of hydrogen-bond donors (Lipinski definition) is 1. The highest BCUT2D eigenvalue weighted by atomic mass is 19.1. The molecule has 0 aromatic heterocycles. The highest BCUT2D eigenvalue weighted by Crippen LogP contribution is 2.23. The van der Waals surface area contributed by atoms with Gasteiger partial charge in [0.05, 0.1) is 5.56 Å². The Hall–Kier alpha value is -1.91. The Bertz CT molecular complexity index is 546. The minimum Gasteiger partial charge on any atom is -0.449 e. The third-order valence-corrected chi connectivity index (χ3v) is 4.15. The van der Waals surface area contributed by atoms with Crippen molar-refractivity contribution in [3.05, 3.63) is 35.6 Å². The molecule has 4 nitrogen and oxygen atoms in total. The molecule has 1 saturated carbocycles. The molecule has 0 radical (unpaired) electrons. The van der Waals surface area contributed by atoms with Crippen molar-refractivity contribution in [3.8, 4) is 0 Å². The molecule has 1 fully saturated rings. The number of nitrogens with one attached hydrogen (secondary N) is 1. The summed E-state index contributed by atoms with van der Waals surface area (Å²) >= 11 is 0. The number of amides is 1. The van der Waals surface area contributed by atoms with E-state index in [4.69, 9.17) is 4.74 Å². The maximum absolute atomic E-state index is 13.1. The predicted molar refractivity (Wildman–Crippen MR) is 80.8 cm³/mol. The van der Waals surface area contributed by atoms with Gasteiger partial charge in [-0.25, -0.2) is 9.18 Å². The molecule has 1 aromatic carbocycles. The summed E-state index contributed by atoms with van der Waals surface area (Å²) in [7, 11) is 0. The van der Waals surface area contributed by atoms with Crippen molar-refractivity contribution < 1.29 is 18.7 Å². The van der Waals surface area contributed by atoms with Gasteiger partial charge in [0.25, 0.3) is 5.91 Å². The molecular weight excluding hydrogens is 285 g/mol. The van der Waals surface area contributed by atoms with Gasteiger partial charge in [-0.3, -0.25) is 4.79 Å². The fourth-order valence-electron chi connectivity index (χ4n) is 2.73. The molecule has 0 heterocycles. The Morgan fingerprint density at radius 2 is 2.05 bits per heavy atom. The summed E-state index contributed by atoms with van der Waals surface area (Å²) < 4.78 is 18.2. The largest absolute Gasteiger partial charge is 0.449 e. The van der Waals surface area contributed by atoms with E-state index in [2.05, 4.69) is 12.2 Å². The second-order valence-corrected chi connectivity index (χ2v) is 5.93. The Morgan fingerprint density at radius 3 is 2.73 bits per heavy atom. The fourth-order valence-corrected chi connectivity index (χ4v) is 2.73. The summed E-state index contributed by atoms with van der Waals surface area (Å²) in [5.41, 5.74) is 0.102. The summed E-state index contributed by atoms with van der Waals surface area (Å²) in [5, 5.41) is 2.95. The van der Waals surface area contributed by atoms with Crippen LogP contribution in [0.2, 0.25) is 0 Å². The summed E-state index contributed by atoms with van der Waals surface area (Å²) in [4.78, 5) is 24.0. The van der Waals surface area contributed by atoms with Gasteiger partial charge in [0, 0.05) is 6.04 Å². The molecule has 1 aliphatic carbocycles. The first-order chi connectivity index (χ1) is 10.5. The van der Waals surface area contributed by atoms with Crippen molar-refractivity contribution >= 4 is 11.9 Å². The van der Waals surface area contributed by atoms with Crippen molar-refractivity contribution in [2.45, 2.75) is 51.7 Å². The first kappa shape index (κ1) is 16.5. The quantitative estimate of drug-likeness (QED) is 0.870. The van der Waals surface area contributed by atoms with Crippen molar-refractivity contribution in [1.82, 2.24) is 5.32 Å². The van der Waals surface area contributed by atoms with Crippen LogP contribution in [0.3, 0.4) is 0 Å². The Balaban J connectivity index is 1.89. The lowest BCUT2D eigenvalue weighted by Gasteiger charge is -2.30. The maximum atomic E-state index is 13.1. The molecule has 3 atom stereocenters. The first-order valence-electron chi connectivity index (χ1n) is 7.74. The van der Waals surface area contributed by atoms with Gasteiger partial charge in [-0.15, -0.1) is 0 Å². The van der Waals surface area contributed by atoms with E-state index in [1.54, 1.807) is 0 Å². The zero-order valence-corrected chi connectivity index (χ0v) is 13.0. The van der Waals surface area contributed by atoms with E-state index >= 15 is 0 Å². The number of ether oxygens (including phenoxy) is 1. The minimum absolute atomic E-state index is 0.102. The molecule has 1 aliphatic rings. The Kier molecular flexibility index (Phi) is 5.52. The van der Waals surface area contributed by atoms with Gasteiger partial charge in [-0.05, 0) is 43.9 Å². The van der Waals surface area contributed by atoms with Crippen LogP contribution in [0.4, 0.5) is 4.39 Å². The lowest BCUT2D eigenvalue weighted by Crippen LogP contribution is -2.45. The zero-order valence-electron chi connectivity index (χ0n) is 13.0. The van der Waals surface area contributed by atoms with Gasteiger partial charge in [0.1, 0.15) is 5.82 Å². The van der Waals surface area contributed by atoms with Crippen LogP contribution in [0, 0.1) is 11.7 Å². The predicted octanol–water partition coefficient (Wildman–Crippen LogP) is 3.07. The minimum atomic E-state index is -0.898. The summed E-state index contributed by atoms with van der Waals surface area (Å²) in [6, 6.07) is 5.37. The molecule has 2 rings (SSSR count). The Labute approximate surface area is 130 Å². The van der Waals surface area contributed by atoms with Gasteiger partial charge in [-0.1, -0.05) is 25.8 Å². The van der Waals surface area contributed by atoms with E-state index in [-0.39, 0.29) is 17.5 Å². The second kappa shape index (κ2) is 7.38.